The first-order chi connectivity index (χ1) is 9.61. The predicted octanol–water partition coefficient (Wildman–Crippen LogP) is 3.12. The van der Waals surface area contributed by atoms with Crippen LogP contribution in [0.1, 0.15) is 25.3 Å². The topological polar surface area (TPSA) is 28.2 Å². The second kappa shape index (κ2) is 5.06. The lowest BCUT2D eigenvalue weighted by molar-refractivity contribution is 0.304. The number of piperidine rings is 1. The molecule has 0 bridgehead atoms. The molecule has 0 amide bonds. The van der Waals surface area contributed by atoms with Gasteiger partial charge in [-0.3, -0.25) is 0 Å². The van der Waals surface area contributed by atoms with Crippen LogP contribution in [-0.4, -0.2) is 30.7 Å². The Kier molecular flexibility index (Phi) is 3.38. The zero-order chi connectivity index (χ0) is 14.2. The highest BCUT2D eigenvalue weighted by molar-refractivity contribution is 5.81. The molecule has 106 valence electrons. The van der Waals surface area contributed by atoms with Gasteiger partial charge in [0.25, 0.3) is 0 Å². The highest BCUT2D eigenvalue weighted by Gasteiger charge is 2.29. The lowest BCUT2D eigenvalue weighted by Gasteiger charge is -2.40. The summed E-state index contributed by atoms with van der Waals surface area (Å²) < 4.78 is 0. The quantitative estimate of drug-likeness (QED) is 0.908. The van der Waals surface area contributed by atoms with Gasteiger partial charge in [0.15, 0.2) is 0 Å². The number of rotatable bonds is 2. The Hall–Kier alpha value is -1.61. The monoisotopic (exact) mass is 269 g/mol. The maximum Gasteiger partial charge on any atom is 0.132 e. The third-order valence-electron chi connectivity index (χ3n) is 4.66. The largest absolute Gasteiger partial charge is 0.356 e. The number of aryl methyl sites for hydroxylation is 1. The first-order valence-electron chi connectivity index (χ1n) is 7.42. The first kappa shape index (κ1) is 13.4. The number of hydrogen-bond acceptors (Lipinski definition) is 3. The molecule has 2 heterocycles. The zero-order valence-corrected chi connectivity index (χ0v) is 12.6. The predicted molar refractivity (Wildman–Crippen MR) is 85.4 cm³/mol. The molecule has 0 atom stereocenters. The Morgan fingerprint density at radius 1 is 1.20 bits per heavy atom. The van der Waals surface area contributed by atoms with Gasteiger partial charge in [-0.25, -0.2) is 4.98 Å². The summed E-state index contributed by atoms with van der Waals surface area (Å²) in [4.78, 5) is 7.31. The molecule has 0 saturated carbocycles. The Morgan fingerprint density at radius 3 is 2.60 bits per heavy atom. The summed E-state index contributed by atoms with van der Waals surface area (Å²) >= 11 is 0. The maximum atomic E-state index is 4.88. The van der Waals surface area contributed by atoms with E-state index in [1.54, 1.807) is 0 Å². The van der Waals surface area contributed by atoms with E-state index in [4.69, 9.17) is 4.98 Å². The number of fused-ring (bicyclic) bond motifs is 1. The van der Waals surface area contributed by atoms with E-state index in [9.17, 15) is 0 Å². The number of hydrogen-bond donors (Lipinski definition) is 1. The molecule has 1 aromatic carbocycles. The van der Waals surface area contributed by atoms with Crippen molar-refractivity contribution in [3.8, 4) is 0 Å². The van der Waals surface area contributed by atoms with Crippen LogP contribution in [0.15, 0.2) is 30.3 Å². The van der Waals surface area contributed by atoms with Crippen LogP contribution in [-0.2, 0) is 0 Å². The Bertz CT molecular complexity index is 613. The summed E-state index contributed by atoms with van der Waals surface area (Å²) in [7, 11) is 2.06. The van der Waals surface area contributed by atoms with E-state index in [2.05, 4.69) is 61.4 Å². The fraction of sp³-hybridized carbons (Fsp3) is 0.471. The molecule has 1 saturated heterocycles. The number of aromatic nitrogens is 1. The molecule has 3 rings (SSSR count). The Balaban J connectivity index is 1.89. The van der Waals surface area contributed by atoms with Gasteiger partial charge >= 0.3 is 0 Å². The summed E-state index contributed by atoms with van der Waals surface area (Å²) in [6.07, 6.45) is 2.33. The average molecular weight is 269 g/mol. The lowest BCUT2D eigenvalue weighted by Crippen LogP contribution is -2.50. The highest BCUT2D eigenvalue weighted by Crippen LogP contribution is 2.28. The van der Waals surface area contributed by atoms with Gasteiger partial charge in [-0.1, -0.05) is 18.2 Å². The molecular weight excluding hydrogens is 246 g/mol. The van der Waals surface area contributed by atoms with Gasteiger partial charge < -0.3 is 10.2 Å². The van der Waals surface area contributed by atoms with Crippen molar-refractivity contribution in [1.82, 2.24) is 10.3 Å². The minimum Gasteiger partial charge on any atom is -0.356 e. The molecule has 1 fully saturated rings. The lowest BCUT2D eigenvalue weighted by atomic mass is 9.90. The van der Waals surface area contributed by atoms with Crippen LogP contribution in [0, 0.1) is 6.92 Å². The summed E-state index contributed by atoms with van der Waals surface area (Å²) in [5, 5.41) is 4.68. The second-order valence-corrected chi connectivity index (χ2v) is 6.12. The van der Waals surface area contributed by atoms with Crippen molar-refractivity contribution in [1.29, 1.82) is 0 Å². The number of benzene rings is 1. The Labute approximate surface area is 121 Å². The third-order valence-corrected chi connectivity index (χ3v) is 4.66. The van der Waals surface area contributed by atoms with Gasteiger partial charge in [-0.05, 0) is 51.4 Å². The summed E-state index contributed by atoms with van der Waals surface area (Å²) in [5.41, 5.74) is 2.65. The number of anilines is 1. The molecule has 2 aromatic rings. The van der Waals surface area contributed by atoms with Crippen molar-refractivity contribution >= 4 is 16.7 Å². The van der Waals surface area contributed by atoms with E-state index in [-0.39, 0.29) is 5.54 Å². The van der Waals surface area contributed by atoms with Crippen LogP contribution < -0.4 is 10.2 Å². The molecule has 20 heavy (non-hydrogen) atoms. The van der Waals surface area contributed by atoms with Crippen molar-refractivity contribution in [3.63, 3.8) is 0 Å². The highest BCUT2D eigenvalue weighted by atomic mass is 15.2. The van der Waals surface area contributed by atoms with Crippen LogP contribution in [0.5, 0.6) is 0 Å². The molecular formula is C17H23N3. The van der Waals surface area contributed by atoms with Gasteiger partial charge in [-0.15, -0.1) is 0 Å². The van der Waals surface area contributed by atoms with Crippen LogP contribution >= 0.6 is 0 Å². The van der Waals surface area contributed by atoms with Gasteiger partial charge in [0, 0.05) is 24.0 Å². The summed E-state index contributed by atoms with van der Waals surface area (Å²) in [6.45, 7) is 6.62. The molecule has 0 unspecified atom stereocenters. The zero-order valence-electron chi connectivity index (χ0n) is 12.6. The van der Waals surface area contributed by atoms with Crippen molar-refractivity contribution < 1.29 is 0 Å². The standard InChI is InChI=1S/C17H23N3/c1-13-12-14-6-4-5-7-15(14)19-16(13)20-10-8-17(2,18-3)9-11-20/h4-7,12,18H,8-11H2,1-3H3. The van der Waals surface area contributed by atoms with Crippen molar-refractivity contribution in [2.75, 3.05) is 25.0 Å². The Morgan fingerprint density at radius 2 is 1.90 bits per heavy atom. The average Bonchev–Trinajstić information content (AvgIpc) is 2.48. The van der Waals surface area contributed by atoms with Gasteiger partial charge in [0.2, 0.25) is 0 Å². The molecule has 0 aliphatic carbocycles. The number of para-hydroxylation sites is 1. The van der Waals surface area contributed by atoms with E-state index in [1.165, 1.54) is 10.9 Å². The van der Waals surface area contributed by atoms with E-state index < -0.39 is 0 Å². The number of nitrogens with one attached hydrogen (secondary N) is 1. The molecule has 1 N–H and O–H groups in total. The molecule has 0 radical (unpaired) electrons. The molecule has 3 nitrogen and oxygen atoms in total. The van der Waals surface area contributed by atoms with Gasteiger partial charge in [-0.2, -0.15) is 0 Å². The minimum atomic E-state index is 0.279. The second-order valence-electron chi connectivity index (χ2n) is 6.12. The van der Waals surface area contributed by atoms with Crippen LogP contribution in [0.4, 0.5) is 5.82 Å². The first-order valence-corrected chi connectivity index (χ1v) is 7.42. The molecule has 3 heteroatoms. The SMILES string of the molecule is CNC1(C)CCN(c2nc3ccccc3cc2C)CC1. The van der Waals surface area contributed by atoms with Crippen molar-refractivity contribution in [2.24, 2.45) is 0 Å². The normalized spacial score (nSPS) is 18.4. The van der Waals surface area contributed by atoms with Crippen LogP contribution in [0.2, 0.25) is 0 Å². The van der Waals surface area contributed by atoms with Gasteiger partial charge in [0.05, 0.1) is 5.52 Å². The van der Waals surface area contributed by atoms with Crippen molar-refractivity contribution in [3.05, 3.63) is 35.9 Å². The fourth-order valence-electron chi connectivity index (χ4n) is 2.99. The van der Waals surface area contributed by atoms with Crippen molar-refractivity contribution in [2.45, 2.75) is 32.2 Å². The van der Waals surface area contributed by atoms with Crippen LogP contribution in [0.3, 0.4) is 0 Å². The molecule has 0 spiro atoms. The molecule has 1 aliphatic rings. The molecule has 1 aromatic heterocycles. The third kappa shape index (κ3) is 2.38. The van der Waals surface area contributed by atoms with E-state index >= 15 is 0 Å². The maximum absolute atomic E-state index is 4.88. The molecule has 1 aliphatic heterocycles. The van der Waals surface area contributed by atoms with E-state index in [1.807, 2.05) is 0 Å². The smallest absolute Gasteiger partial charge is 0.132 e. The number of pyridine rings is 1. The summed E-state index contributed by atoms with van der Waals surface area (Å²) in [6, 6.07) is 10.6. The minimum absolute atomic E-state index is 0.279. The van der Waals surface area contributed by atoms with Gasteiger partial charge in [0.1, 0.15) is 5.82 Å². The van der Waals surface area contributed by atoms with E-state index in [0.29, 0.717) is 0 Å². The number of nitrogens with zero attached hydrogens (tertiary/aromatic N) is 2. The summed E-state index contributed by atoms with van der Waals surface area (Å²) in [5.74, 6) is 1.15. The fourth-order valence-corrected chi connectivity index (χ4v) is 2.99. The van der Waals surface area contributed by atoms with E-state index in [0.717, 1.165) is 37.3 Å². The van der Waals surface area contributed by atoms with Crippen LogP contribution in [0.25, 0.3) is 10.9 Å².